The Morgan fingerprint density at radius 1 is 0.952 bits per heavy atom. The second-order valence-corrected chi connectivity index (χ2v) is 5.77. The fraction of sp³-hybridized carbons (Fsp3) is 0.875. The number of rotatable bonds is 12. The number of aliphatic hydroxyl groups is 2. The zero-order valence-corrected chi connectivity index (χ0v) is 13.7. The molecule has 0 aromatic rings. The summed E-state index contributed by atoms with van der Waals surface area (Å²) in [7, 11) is 0. The van der Waals surface area contributed by atoms with Gasteiger partial charge >= 0.3 is 0 Å². The maximum absolute atomic E-state index is 12.1. The van der Waals surface area contributed by atoms with Gasteiger partial charge in [-0.2, -0.15) is 0 Å². The van der Waals surface area contributed by atoms with Crippen LogP contribution in [0.25, 0.3) is 0 Å². The van der Waals surface area contributed by atoms with Gasteiger partial charge in [0, 0.05) is 13.1 Å². The Hall–Kier alpha value is -0.940. The highest BCUT2D eigenvalue weighted by Gasteiger charge is 2.21. The number of carbonyl (C=O) groups is 2. The van der Waals surface area contributed by atoms with Crippen LogP contribution in [-0.2, 0) is 9.59 Å². The van der Waals surface area contributed by atoms with Gasteiger partial charge < -0.3 is 15.1 Å². The van der Waals surface area contributed by atoms with Crippen LogP contribution in [0.4, 0.5) is 0 Å². The van der Waals surface area contributed by atoms with Crippen molar-refractivity contribution in [1.29, 1.82) is 0 Å². The average Bonchev–Trinajstić information content (AvgIpc) is 2.41. The third-order valence-corrected chi connectivity index (χ3v) is 3.40. The van der Waals surface area contributed by atoms with E-state index < -0.39 is 12.2 Å². The first-order valence-electron chi connectivity index (χ1n) is 8.04. The lowest BCUT2D eigenvalue weighted by Gasteiger charge is -2.27. The molecule has 5 nitrogen and oxygen atoms in total. The van der Waals surface area contributed by atoms with Gasteiger partial charge in [-0.1, -0.05) is 39.5 Å². The lowest BCUT2D eigenvalue weighted by Crippen LogP contribution is -2.42. The third-order valence-electron chi connectivity index (χ3n) is 3.40. The second-order valence-electron chi connectivity index (χ2n) is 5.77. The third kappa shape index (κ3) is 10.4. The van der Waals surface area contributed by atoms with Gasteiger partial charge in [0.05, 0.1) is 18.6 Å². The molecule has 0 aliphatic carbocycles. The Balaban J connectivity index is 4.52. The van der Waals surface area contributed by atoms with E-state index in [2.05, 4.69) is 0 Å². The van der Waals surface area contributed by atoms with Gasteiger partial charge in [0.1, 0.15) is 5.78 Å². The molecule has 0 radical (unpaired) electrons. The van der Waals surface area contributed by atoms with Crippen LogP contribution in [0.3, 0.4) is 0 Å². The molecule has 0 spiro atoms. The fourth-order valence-corrected chi connectivity index (χ4v) is 2.17. The molecule has 0 aliphatic rings. The van der Waals surface area contributed by atoms with Crippen LogP contribution in [0.1, 0.15) is 65.7 Å². The number of hydrogen-bond acceptors (Lipinski definition) is 4. The summed E-state index contributed by atoms with van der Waals surface area (Å²) in [5, 5.41) is 19.9. The van der Waals surface area contributed by atoms with Crippen molar-refractivity contribution in [3.05, 3.63) is 0 Å². The zero-order chi connectivity index (χ0) is 16.3. The van der Waals surface area contributed by atoms with Gasteiger partial charge in [-0.3, -0.25) is 9.59 Å². The molecule has 0 aromatic carbocycles. The molecule has 2 atom stereocenters. The molecule has 2 N–H and O–H groups in total. The first kappa shape index (κ1) is 20.1. The molecule has 0 bridgehead atoms. The predicted molar refractivity (Wildman–Crippen MR) is 82.9 cm³/mol. The molecule has 0 saturated heterocycles. The summed E-state index contributed by atoms with van der Waals surface area (Å²) in [5.74, 6) is -0.510. The van der Waals surface area contributed by atoms with Gasteiger partial charge in [0.25, 0.3) is 0 Å². The molecule has 1 amide bonds. The van der Waals surface area contributed by atoms with E-state index in [1.807, 2.05) is 13.8 Å². The van der Waals surface area contributed by atoms with Crippen LogP contribution in [0.2, 0.25) is 0 Å². The molecular formula is C16H31NO4. The predicted octanol–water partition coefficient (Wildman–Crippen LogP) is 1.90. The zero-order valence-electron chi connectivity index (χ0n) is 13.7. The minimum Gasteiger partial charge on any atom is -0.391 e. The smallest absolute Gasteiger partial charge is 0.230 e. The highest BCUT2D eigenvalue weighted by Crippen LogP contribution is 2.08. The summed E-state index contributed by atoms with van der Waals surface area (Å²) in [6.07, 6.45) is 3.66. The number of Topliss-reactive ketones (excluding diaryl/α,β-unsaturated/α-hetero) is 1. The number of hydrogen-bond donors (Lipinski definition) is 2. The Kier molecular flexibility index (Phi) is 11.2. The van der Waals surface area contributed by atoms with Crippen molar-refractivity contribution in [3.8, 4) is 0 Å². The molecular weight excluding hydrogens is 270 g/mol. The van der Waals surface area contributed by atoms with Crippen LogP contribution in [0.5, 0.6) is 0 Å². The van der Waals surface area contributed by atoms with Crippen molar-refractivity contribution in [2.45, 2.75) is 77.9 Å². The average molecular weight is 301 g/mol. The van der Waals surface area contributed by atoms with Crippen molar-refractivity contribution in [2.24, 2.45) is 0 Å². The molecule has 124 valence electrons. The van der Waals surface area contributed by atoms with Crippen molar-refractivity contribution >= 4 is 11.7 Å². The highest BCUT2D eigenvalue weighted by atomic mass is 16.3. The van der Waals surface area contributed by atoms with Gasteiger partial charge in [0.15, 0.2) is 0 Å². The fourth-order valence-electron chi connectivity index (χ4n) is 2.17. The molecule has 0 aliphatic heterocycles. The summed E-state index contributed by atoms with van der Waals surface area (Å²) >= 11 is 0. The molecule has 2 unspecified atom stereocenters. The topological polar surface area (TPSA) is 77.8 Å². The molecule has 0 rings (SSSR count). The minimum atomic E-state index is -0.598. The Morgan fingerprint density at radius 2 is 1.38 bits per heavy atom. The molecule has 0 fully saturated rings. The summed E-state index contributed by atoms with van der Waals surface area (Å²) in [5.41, 5.74) is 0. The number of ketones is 1. The van der Waals surface area contributed by atoms with E-state index in [-0.39, 0.29) is 31.2 Å². The van der Waals surface area contributed by atoms with E-state index in [9.17, 15) is 19.8 Å². The van der Waals surface area contributed by atoms with Crippen LogP contribution in [0, 0.1) is 0 Å². The largest absolute Gasteiger partial charge is 0.391 e. The summed E-state index contributed by atoms with van der Waals surface area (Å²) in [4.78, 5) is 24.6. The van der Waals surface area contributed by atoms with Crippen molar-refractivity contribution in [1.82, 2.24) is 4.90 Å². The van der Waals surface area contributed by atoms with Gasteiger partial charge in [-0.05, 0) is 19.8 Å². The minimum absolute atomic E-state index is 0.166. The van der Waals surface area contributed by atoms with Crippen molar-refractivity contribution < 1.29 is 19.8 Å². The molecule has 21 heavy (non-hydrogen) atoms. The van der Waals surface area contributed by atoms with E-state index in [0.717, 1.165) is 25.7 Å². The molecule has 5 heteroatoms. The first-order chi connectivity index (χ1) is 9.90. The molecule has 0 saturated carbocycles. The van der Waals surface area contributed by atoms with Crippen LogP contribution < -0.4 is 0 Å². The van der Waals surface area contributed by atoms with E-state index >= 15 is 0 Å². The number of nitrogens with zero attached hydrogens (tertiary/aromatic N) is 1. The SMILES string of the molecule is CCCCC(O)CN(CC(O)CCCC)C(=O)CC(C)=O. The Bertz CT molecular complexity index is 291. The summed E-state index contributed by atoms with van der Waals surface area (Å²) in [6, 6.07) is 0. The van der Waals surface area contributed by atoms with Crippen molar-refractivity contribution in [2.75, 3.05) is 13.1 Å². The lowest BCUT2D eigenvalue weighted by molar-refractivity contribution is -0.137. The number of carbonyl (C=O) groups excluding carboxylic acids is 2. The lowest BCUT2D eigenvalue weighted by atomic mass is 10.1. The summed E-state index contributed by atoms with van der Waals surface area (Å²) < 4.78 is 0. The van der Waals surface area contributed by atoms with Crippen molar-refractivity contribution in [3.63, 3.8) is 0 Å². The highest BCUT2D eigenvalue weighted by molar-refractivity contribution is 5.96. The quantitative estimate of drug-likeness (QED) is 0.540. The molecule has 0 heterocycles. The maximum atomic E-state index is 12.1. The number of unbranched alkanes of at least 4 members (excludes halogenated alkanes) is 2. The Labute approximate surface area is 128 Å². The van der Waals surface area contributed by atoms with E-state index in [0.29, 0.717) is 12.8 Å². The maximum Gasteiger partial charge on any atom is 0.230 e. The van der Waals surface area contributed by atoms with E-state index in [1.54, 1.807) is 0 Å². The van der Waals surface area contributed by atoms with Crippen LogP contribution >= 0.6 is 0 Å². The van der Waals surface area contributed by atoms with Crippen LogP contribution in [-0.4, -0.2) is 52.1 Å². The molecule has 0 aromatic heterocycles. The monoisotopic (exact) mass is 301 g/mol. The van der Waals surface area contributed by atoms with Gasteiger partial charge in [-0.15, -0.1) is 0 Å². The standard InChI is InChI=1S/C16H31NO4/c1-4-6-8-14(19)11-17(16(21)10-13(3)18)12-15(20)9-7-5-2/h14-15,19-20H,4-12H2,1-3H3. The van der Waals surface area contributed by atoms with Crippen LogP contribution in [0.15, 0.2) is 0 Å². The van der Waals surface area contributed by atoms with Gasteiger partial charge in [-0.25, -0.2) is 0 Å². The number of amides is 1. The van der Waals surface area contributed by atoms with E-state index in [4.69, 9.17) is 0 Å². The van der Waals surface area contributed by atoms with E-state index in [1.165, 1.54) is 11.8 Å². The first-order valence-corrected chi connectivity index (χ1v) is 8.04. The normalized spacial score (nSPS) is 13.8. The summed E-state index contributed by atoms with van der Waals surface area (Å²) in [6.45, 7) is 5.83. The van der Waals surface area contributed by atoms with Gasteiger partial charge in [0.2, 0.25) is 5.91 Å². The number of aliphatic hydroxyl groups excluding tert-OH is 2. The Morgan fingerprint density at radius 3 is 1.71 bits per heavy atom. The second kappa shape index (κ2) is 11.7.